The highest BCUT2D eigenvalue weighted by Gasteiger charge is 2.17. The Morgan fingerprint density at radius 3 is 2.65 bits per heavy atom. The monoisotopic (exact) mass is 303 g/mol. The third-order valence-corrected chi connectivity index (χ3v) is 4.43. The van der Waals surface area contributed by atoms with E-state index in [1.807, 2.05) is 0 Å². The van der Waals surface area contributed by atoms with E-state index >= 15 is 0 Å². The van der Waals surface area contributed by atoms with Crippen LogP contribution < -0.4 is 4.72 Å². The largest absolute Gasteiger partial charge is 0.392 e. The maximum Gasteiger partial charge on any atom is 0.240 e. The summed E-state index contributed by atoms with van der Waals surface area (Å²) in [6, 6.07) is 4.83. The second-order valence-corrected chi connectivity index (χ2v) is 5.94. The Kier molecular flexibility index (Phi) is 7.11. The average Bonchev–Trinajstić information content (AvgIpc) is 2.42. The predicted octanol–water partition coefficient (Wildman–Crippen LogP) is 0.429. The number of benzene rings is 1. The molecule has 0 spiro atoms. The summed E-state index contributed by atoms with van der Waals surface area (Å²) in [7, 11) is -2.02. The minimum absolute atomic E-state index is 0.181. The molecule has 0 heterocycles. The van der Waals surface area contributed by atoms with Crippen molar-refractivity contribution in [3.8, 4) is 0 Å². The van der Waals surface area contributed by atoms with Gasteiger partial charge in [0.05, 0.1) is 31.3 Å². The minimum atomic E-state index is -3.59. The zero-order valence-electron chi connectivity index (χ0n) is 11.8. The Morgan fingerprint density at radius 2 is 2.00 bits per heavy atom. The van der Waals surface area contributed by atoms with Crippen LogP contribution >= 0.6 is 0 Å². The highest BCUT2D eigenvalue weighted by molar-refractivity contribution is 7.89. The Labute approximate surface area is 119 Å². The molecule has 0 aliphatic heterocycles. The van der Waals surface area contributed by atoms with Crippen LogP contribution in [-0.4, -0.2) is 47.0 Å². The molecule has 0 fully saturated rings. The molecule has 1 rings (SSSR count). The van der Waals surface area contributed by atoms with Crippen LogP contribution in [0, 0.1) is 6.92 Å². The normalized spacial score (nSPS) is 11.8. The van der Waals surface area contributed by atoms with Crippen LogP contribution in [0.5, 0.6) is 0 Å². The summed E-state index contributed by atoms with van der Waals surface area (Å²) in [4.78, 5) is 0.181. The van der Waals surface area contributed by atoms with E-state index in [0.29, 0.717) is 24.3 Å². The van der Waals surface area contributed by atoms with Crippen LogP contribution in [0.15, 0.2) is 23.1 Å². The molecule has 1 aromatic rings. The molecule has 0 aromatic heterocycles. The second kappa shape index (κ2) is 8.33. The van der Waals surface area contributed by atoms with Crippen molar-refractivity contribution in [2.45, 2.75) is 18.4 Å². The lowest BCUT2D eigenvalue weighted by Crippen LogP contribution is -2.28. The molecule has 20 heavy (non-hydrogen) atoms. The number of aliphatic hydroxyl groups excluding tert-OH is 1. The van der Waals surface area contributed by atoms with Gasteiger partial charge >= 0.3 is 0 Å². The molecule has 7 heteroatoms. The van der Waals surface area contributed by atoms with Gasteiger partial charge < -0.3 is 14.6 Å². The molecule has 0 radical (unpaired) electrons. The summed E-state index contributed by atoms with van der Waals surface area (Å²) < 4.78 is 36.7. The fraction of sp³-hybridized carbons (Fsp3) is 0.538. The van der Waals surface area contributed by atoms with Gasteiger partial charge in [0.2, 0.25) is 10.0 Å². The van der Waals surface area contributed by atoms with Gasteiger partial charge in [-0.2, -0.15) is 0 Å². The van der Waals surface area contributed by atoms with Crippen molar-refractivity contribution in [3.63, 3.8) is 0 Å². The Morgan fingerprint density at radius 1 is 1.25 bits per heavy atom. The number of hydrogen-bond acceptors (Lipinski definition) is 5. The van der Waals surface area contributed by atoms with Crippen LogP contribution in [0.25, 0.3) is 0 Å². The molecule has 0 aliphatic carbocycles. The lowest BCUT2D eigenvalue weighted by molar-refractivity contribution is 0.0736. The molecule has 114 valence electrons. The van der Waals surface area contributed by atoms with E-state index in [4.69, 9.17) is 14.6 Å². The van der Waals surface area contributed by atoms with Crippen LogP contribution in [0.3, 0.4) is 0 Å². The summed E-state index contributed by atoms with van der Waals surface area (Å²) >= 11 is 0. The molecule has 0 aliphatic rings. The second-order valence-electron chi connectivity index (χ2n) is 4.20. The Hall–Kier alpha value is -0.990. The molecule has 0 unspecified atom stereocenters. The first kappa shape index (κ1) is 17.1. The molecule has 0 amide bonds. The van der Waals surface area contributed by atoms with Crippen molar-refractivity contribution in [2.75, 3.05) is 33.5 Å². The molecular formula is C13H21NO5S. The zero-order valence-corrected chi connectivity index (χ0v) is 12.6. The summed E-state index contributed by atoms with van der Waals surface area (Å²) in [6.07, 6.45) is 0. The summed E-state index contributed by atoms with van der Waals surface area (Å²) in [5.41, 5.74) is 1.16. The molecule has 0 bridgehead atoms. The number of aliphatic hydroxyl groups is 1. The van der Waals surface area contributed by atoms with Gasteiger partial charge in [0.15, 0.2) is 0 Å². The van der Waals surface area contributed by atoms with E-state index in [-0.39, 0.29) is 24.7 Å². The van der Waals surface area contributed by atoms with E-state index in [1.165, 1.54) is 6.07 Å². The fourth-order valence-electron chi connectivity index (χ4n) is 1.69. The van der Waals surface area contributed by atoms with Crippen molar-refractivity contribution in [1.29, 1.82) is 0 Å². The standard InChI is InChI=1S/C13H21NO5S/c1-11-12(10-15)4-3-5-13(11)20(16,17)14-6-7-19-9-8-18-2/h3-5,14-15H,6-10H2,1-2H3. The third-order valence-electron chi connectivity index (χ3n) is 2.83. The lowest BCUT2D eigenvalue weighted by atomic mass is 10.1. The number of methoxy groups -OCH3 is 1. The highest BCUT2D eigenvalue weighted by Crippen LogP contribution is 2.18. The Bertz CT molecular complexity index is 515. The maximum atomic E-state index is 12.1. The van der Waals surface area contributed by atoms with Crippen LogP contribution in [0.1, 0.15) is 11.1 Å². The van der Waals surface area contributed by atoms with Gasteiger partial charge in [-0.15, -0.1) is 0 Å². The van der Waals surface area contributed by atoms with E-state index < -0.39 is 10.0 Å². The molecule has 0 saturated heterocycles. The molecule has 1 aromatic carbocycles. The number of rotatable bonds is 9. The van der Waals surface area contributed by atoms with E-state index in [0.717, 1.165) is 0 Å². The smallest absolute Gasteiger partial charge is 0.240 e. The van der Waals surface area contributed by atoms with Crippen molar-refractivity contribution < 1.29 is 23.0 Å². The van der Waals surface area contributed by atoms with Gasteiger partial charge in [-0.3, -0.25) is 0 Å². The van der Waals surface area contributed by atoms with E-state index in [1.54, 1.807) is 26.2 Å². The van der Waals surface area contributed by atoms with Crippen molar-refractivity contribution in [2.24, 2.45) is 0 Å². The fourth-order valence-corrected chi connectivity index (χ4v) is 2.99. The molecule has 6 nitrogen and oxygen atoms in total. The van der Waals surface area contributed by atoms with Crippen molar-refractivity contribution in [3.05, 3.63) is 29.3 Å². The molecule has 0 saturated carbocycles. The topological polar surface area (TPSA) is 84.9 Å². The number of ether oxygens (including phenoxy) is 2. The molecule has 2 N–H and O–H groups in total. The van der Waals surface area contributed by atoms with Gasteiger partial charge in [0.25, 0.3) is 0 Å². The third kappa shape index (κ3) is 4.84. The first-order chi connectivity index (χ1) is 9.53. The lowest BCUT2D eigenvalue weighted by Gasteiger charge is -2.11. The molecule has 0 atom stereocenters. The SMILES string of the molecule is COCCOCCNS(=O)(=O)c1cccc(CO)c1C. The summed E-state index contributed by atoms with van der Waals surface area (Å²) in [6.45, 7) is 2.86. The quantitative estimate of drug-likeness (QED) is 0.646. The van der Waals surface area contributed by atoms with Gasteiger partial charge in [-0.1, -0.05) is 12.1 Å². The first-order valence-corrected chi connectivity index (χ1v) is 7.77. The summed E-state index contributed by atoms with van der Waals surface area (Å²) in [5, 5.41) is 9.16. The van der Waals surface area contributed by atoms with E-state index in [9.17, 15) is 8.42 Å². The summed E-state index contributed by atoms with van der Waals surface area (Å²) in [5.74, 6) is 0. The number of hydrogen-bond donors (Lipinski definition) is 2. The van der Waals surface area contributed by atoms with Crippen LogP contribution in [0.4, 0.5) is 0 Å². The van der Waals surface area contributed by atoms with E-state index in [2.05, 4.69) is 4.72 Å². The van der Waals surface area contributed by atoms with Crippen LogP contribution in [0.2, 0.25) is 0 Å². The highest BCUT2D eigenvalue weighted by atomic mass is 32.2. The number of nitrogens with one attached hydrogen (secondary N) is 1. The van der Waals surface area contributed by atoms with Gasteiger partial charge in [0, 0.05) is 13.7 Å². The average molecular weight is 303 g/mol. The number of sulfonamides is 1. The van der Waals surface area contributed by atoms with Gasteiger partial charge in [-0.25, -0.2) is 13.1 Å². The van der Waals surface area contributed by atoms with Gasteiger partial charge in [0.1, 0.15) is 0 Å². The molecular weight excluding hydrogens is 282 g/mol. The predicted molar refractivity (Wildman–Crippen MR) is 75.0 cm³/mol. The minimum Gasteiger partial charge on any atom is -0.392 e. The van der Waals surface area contributed by atoms with Gasteiger partial charge in [-0.05, 0) is 24.1 Å². The Balaban J connectivity index is 2.61. The zero-order chi connectivity index (χ0) is 15.0. The van der Waals surface area contributed by atoms with Crippen LogP contribution in [-0.2, 0) is 26.1 Å². The van der Waals surface area contributed by atoms with Crippen molar-refractivity contribution >= 4 is 10.0 Å². The first-order valence-electron chi connectivity index (χ1n) is 6.28. The van der Waals surface area contributed by atoms with Crippen molar-refractivity contribution in [1.82, 2.24) is 4.72 Å². The maximum absolute atomic E-state index is 12.1.